The summed E-state index contributed by atoms with van der Waals surface area (Å²) in [5.41, 5.74) is 4.90. The van der Waals surface area contributed by atoms with Crippen LogP contribution in [0.3, 0.4) is 0 Å². The van der Waals surface area contributed by atoms with Crippen molar-refractivity contribution in [2.75, 3.05) is 38.3 Å². The van der Waals surface area contributed by atoms with E-state index in [0.29, 0.717) is 23.1 Å². The van der Waals surface area contributed by atoms with Crippen molar-refractivity contribution in [3.63, 3.8) is 0 Å². The van der Waals surface area contributed by atoms with E-state index in [1.54, 1.807) is 7.11 Å². The van der Waals surface area contributed by atoms with Gasteiger partial charge in [0.05, 0.1) is 12.7 Å². The molecule has 1 saturated heterocycles. The molecule has 3 aromatic rings. The largest absolute Gasteiger partial charge is 0.616 e. The highest BCUT2D eigenvalue weighted by Gasteiger charge is 2.34. The van der Waals surface area contributed by atoms with Crippen LogP contribution in [0.2, 0.25) is 0 Å². The molecule has 1 fully saturated rings. The Bertz CT molecular complexity index is 1290. The Kier molecular flexibility index (Phi) is 6.18. The number of rotatable bonds is 6. The molecule has 1 aromatic heterocycles. The average molecular weight is 505 g/mol. The normalized spacial score (nSPS) is 18.3. The number of amides is 1. The monoisotopic (exact) mass is 504 g/mol. The number of nitrogens with zero attached hydrogens (tertiary/aromatic N) is 4. The molecule has 9 heteroatoms. The first-order valence-corrected chi connectivity index (χ1v) is 13.8. The molecule has 186 valence electrons. The molecule has 0 aliphatic carbocycles. The predicted octanol–water partition coefficient (Wildman–Crippen LogP) is 3.61. The van der Waals surface area contributed by atoms with E-state index in [0.717, 1.165) is 73.0 Å². The van der Waals surface area contributed by atoms with Crippen molar-refractivity contribution in [2.45, 2.75) is 30.8 Å². The predicted molar refractivity (Wildman–Crippen MR) is 138 cm³/mol. The number of hydrogen-bond acceptors (Lipinski definition) is 7. The molecule has 1 atom stereocenters. The number of carbonyl (C=O) groups excluding carboxylic acids is 1. The fraction of sp³-hybridized carbons (Fsp3) is 0.370. The van der Waals surface area contributed by atoms with Gasteiger partial charge in [0.2, 0.25) is 0 Å². The van der Waals surface area contributed by atoms with Gasteiger partial charge < -0.3 is 23.8 Å². The third-order valence-corrected chi connectivity index (χ3v) is 8.26. The lowest BCUT2D eigenvalue weighted by molar-refractivity contribution is -0.132. The van der Waals surface area contributed by atoms with Crippen LogP contribution in [0.25, 0.3) is 11.4 Å². The molecular formula is C27H28N4O4S. The van der Waals surface area contributed by atoms with E-state index >= 15 is 0 Å². The summed E-state index contributed by atoms with van der Waals surface area (Å²) in [6.07, 6.45) is 3.00. The molecule has 6 rings (SSSR count). The van der Waals surface area contributed by atoms with Crippen LogP contribution in [0.15, 0.2) is 42.5 Å². The van der Waals surface area contributed by atoms with Gasteiger partial charge in [0.25, 0.3) is 5.91 Å². The van der Waals surface area contributed by atoms with Crippen molar-refractivity contribution in [2.24, 2.45) is 0 Å². The number of anilines is 2. The maximum absolute atomic E-state index is 12.5. The SMILES string of the molecule is COc1ccc(-c2nc3c(c(N4CCc5ccc(OCC(=O)N6CCCC6)cc54)n2)C[S+]([O-])C3)cc1. The highest BCUT2D eigenvalue weighted by molar-refractivity contribution is 7.90. The lowest BCUT2D eigenvalue weighted by Crippen LogP contribution is -2.32. The highest BCUT2D eigenvalue weighted by atomic mass is 32.2. The first-order valence-electron chi connectivity index (χ1n) is 12.3. The summed E-state index contributed by atoms with van der Waals surface area (Å²) in [5, 5.41) is 0. The molecule has 8 nitrogen and oxygen atoms in total. The van der Waals surface area contributed by atoms with E-state index in [4.69, 9.17) is 19.4 Å². The van der Waals surface area contributed by atoms with E-state index in [9.17, 15) is 9.35 Å². The number of likely N-dealkylation sites (tertiary alicyclic amines) is 1. The number of ether oxygens (including phenoxy) is 2. The van der Waals surface area contributed by atoms with Gasteiger partial charge in [-0.25, -0.2) is 9.97 Å². The molecule has 4 heterocycles. The summed E-state index contributed by atoms with van der Waals surface area (Å²) < 4.78 is 23.7. The fourth-order valence-electron chi connectivity index (χ4n) is 5.11. The molecular weight excluding hydrogens is 476 g/mol. The van der Waals surface area contributed by atoms with Crippen molar-refractivity contribution < 1.29 is 18.8 Å². The molecule has 0 N–H and O–H groups in total. The molecule has 0 bridgehead atoms. The number of benzene rings is 2. The van der Waals surface area contributed by atoms with E-state index < -0.39 is 11.2 Å². The summed E-state index contributed by atoms with van der Waals surface area (Å²) in [5.74, 6) is 3.78. The Morgan fingerprint density at radius 3 is 2.58 bits per heavy atom. The smallest absolute Gasteiger partial charge is 0.260 e. The number of carbonyl (C=O) groups is 1. The van der Waals surface area contributed by atoms with Gasteiger partial charge in [-0.2, -0.15) is 0 Å². The Hall–Kier alpha value is -3.30. The molecule has 2 aromatic carbocycles. The number of fused-ring (bicyclic) bond motifs is 2. The number of methoxy groups -OCH3 is 1. The minimum atomic E-state index is -0.987. The second kappa shape index (κ2) is 9.63. The average Bonchev–Trinajstić information content (AvgIpc) is 3.66. The topological polar surface area (TPSA) is 90.9 Å². The van der Waals surface area contributed by atoms with Crippen LogP contribution in [0.1, 0.15) is 29.7 Å². The summed E-state index contributed by atoms with van der Waals surface area (Å²) in [7, 11) is 1.64. The standard InChI is InChI=1S/C27H28N4O4S/c1-34-20-7-5-19(6-8-20)26-28-23-17-36(33)16-22(23)27(29-26)31-13-10-18-4-9-21(14-24(18)31)35-15-25(32)30-11-2-3-12-30/h4-9,14H,2-3,10-13,15-17H2,1H3. The van der Waals surface area contributed by atoms with Crippen LogP contribution < -0.4 is 14.4 Å². The summed E-state index contributed by atoms with van der Waals surface area (Å²) in [6.45, 7) is 2.44. The minimum absolute atomic E-state index is 0.0325. The van der Waals surface area contributed by atoms with Crippen molar-refractivity contribution in [3.8, 4) is 22.9 Å². The molecule has 3 aliphatic rings. The van der Waals surface area contributed by atoms with Crippen LogP contribution in [0.4, 0.5) is 11.5 Å². The summed E-state index contributed by atoms with van der Waals surface area (Å²) in [4.78, 5) is 26.3. The summed E-state index contributed by atoms with van der Waals surface area (Å²) in [6, 6.07) is 13.7. The van der Waals surface area contributed by atoms with Gasteiger partial charge in [-0.3, -0.25) is 4.79 Å². The fourth-order valence-corrected chi connectivity index (χ4v) is 6.38. The van der Waals surface area contributed by atoms with E-state index in [-0.39, 0.29) is 12.5 Å². The van der Waals surface area contributed by atoms with Gasteiger partial charge in [-0.05, 0) is 66.3 Å². The van der Waals surface area contributed by atoms with Crippen LogP contribution in [0.5, 0.6) is 11.5 Å². The van der Waals surface area contributed by atoms with Gasteiger partial charge in [-0.1, -0.05) is 6.07 Å². The van der Waals surface area contributed by atoms with Gasteiger partial charge in [0, 0.05) is 37.0 Å². The van der Waals surface area contributed by atoms with Crippen molar-refractivity contribution in [1.29, 1.82) is 0 Å². The molecule has 1 unspecified atom stereocenters. The molecule has 0 radical (unpaired) electrons. The highest BCUT2D eigenvalue weighted by Crippen LogP contribution is 2.41. The zero-order chi connectivity index (χ0) is 24.6. The quantitative estimate of drug-likeness (QED) is 0.474. The van der Waals surface area contributed by atoms with E-state index in [2.05, 4.69) is 11.0 Å². The zero-order valence-corrected chi connectivity index (χ0v) is 21.1. The number of aromatic nitrogens is 2. The van der Waals surface area contributed by atoms with Gasteiger partial charge in [0.1, 0.15) is 34.5 Å². The van der Waals surface area contributed by atoms with Crippen LogP contribution >= 0.6 is 0 Å². The molecule has 0 saturated carbocycles. The first-order chi connectivity index (χ1) is 17.6. The van der Waals surface area contributed by atoms with Gasteiger partial charge in [0.15, 0.2) is 12.4 Å². The van der Waals surface area contributed by atoms with E-state index in [1.807, 2.05) is 41.3 Å². The maximum atomic E-state index is 12.5. The summed E-state index contributed by atoms with van der Waals surface area (Å²) >= 11 is -0.987. The second-order valence-electron chi connectivity index (χ2n) is 9.32. The third kappa shape index (κ3) is 4.37. The minimum Gasteiger partial charge on any atom is -0.616 e. The molecule has 0 spiro atoms. The lowest BCUT2D eigenvalue weighted by atomic mass is 10.1. The van der Waals surface area contributed by atoms with Crippen molar-refractivity contribution in [3.05, 3.63) is 59.3 Å². The van der Waals surface area contributed by atoms with Gasteiger partial charge >= 0.3 is 0 Å². The van der Waals surface area contributed by atoms with Crippen molar-refractivity contribution >= 4 is 28.6 Å². The maximum Gasteiger partial charge on any atom is 0.260 e. The van der Waals surface area contributed by atoms with E-state index in [1.165, 1.54) is 5.56 Å². The lowest BCUT2D eigenvalue weighted by Gasteiger charge is -2.22. The Labute approximate surface area is 213 Å². The Morgan fingerprint density at radius 2 is 1.81 bits per heavy atom. The Morgan fingerprint density at radius 1 is 1.03 bits per heavy atom. The van der Waals surface area contributed by atoms with Crippen LogP contribution in [0, 0.1) is 0 Å². The molecule has 3 aliphatic heterocycles. The van der Waals surface area contributed by atoms with Gasteiger partial charge in [-0.15, -0.1) is 0 Å². The Balaban J connectivity index is 1.31. The zero-order valence-electron chi connectivity index (χ0n) is 20.2. The molecule has 36 heavy (non-hydrogen) atoms. The second-order valence-corrected chi connectivity index (χ2v) is 10.8. The molecule has 1 amide bonds. The third-order valence-electron chi connectivity index (χ3n) is 7.05. The van der Waals surface area contributed by atoms with Crippen LogP contribution in [-0.4, -0.2) is 58.7 Å². The number of hydrogen-bond donors (Lipinski definition) is 0. The van der Waals surface area contributed by atoms with Crippen molar-refractivity contribution in [1.82, 2.24) is 14.9 Å². The van der Waals surface area contributed by atoms with Crippen LogP contribution in [-0.2, 0) is 33.9 Å². The first kappa shape index (κ1) is 23.1.